The molecule has 0 N–H and O–H groups in total. The van der Waals surface area contributed by atoms with E-state index in [-0.39, 0.29) is 0 Å². The van der Waals surface area contributed by atoms with Crippen LogP contribution < -0.4 is 0 Å². The average molecular weight is 639 g/mol. The van der Waals surface area contributed by atoms with Crippen LogP contribution in [0, 0.1) is 0 Å². The minimum absolute atomic E-state index is 0.549. The summed E-state index contributed by atoms with van der Waals surface area (Å²) in [6.45, 7) is 0. The van der Waals surface area contributed by atoms with Crippen LogP contribution in [0.3, 0.4) is 0 Å². The van der Waals surface area contributed by atoms with Crippen molar-refractivity contribution in [3.05, 3.63) is 158 Å². The third-order valence-electron chi connectivity index (χ3n) is 10.0. The van der Waals surface area contributed by atoms with Gasteiger partial charge in [0.15, 0.2) is 5.82 Å². The van der Waals surface area contributed by atoms with Crippen molar-refractivity contribution < 1.29 is 4.42 Å². The molecule has 50 heavy (non-hydrogen) atoms. The Hall–Kier alpha value is -6.85. The molecule has 0 aliphatic rings. The van der Waals surface area contributed by atoms with Gasteiger partial charge in [0, 0.05) is 27.3 Å². The SMILES string of the molecule is c1cc(-c2ccc3c4ccccc4c4ccccc4c3c2)cc(-c2nc3nc(-c4cccc5oc6ccccc6c45)c4ccccc4n3n2)c1. The molecule has 0 bridgehead atoms. The van der Waals surface area contributed by atoms with Gasteiger partial charge in [-0.05, 0) is 73.8 Å². The Morgan fingerprint density at radius 3 is 1.82 bits per heavy atom. The van der Waals surface area contributed by atoms with Crippen molar-refractivity contribution >= 4 is 70.9 Å². The monoisotopic (exact) mass is 638 g/mol. The Balaban J connectivity index is 1.08. The molecule has 0 amide bonds. The van der Waals surface area contributed by atoms with Crippen LogP contribution in [0.15, 0.2) is 162 Å². The molecule has 3 aromatic heterocycles. The van der Waals surface area contributed by atoms with Crippen LogP contribution >= 0.6 is 0 Å². The molecule has 0 radical (unpaired) electrons. The van der Waals surface area contributed by atoms with E-state index in [0.717, 1.165) is 60.8 Å². The van der Waals surface area contributed by atoms with Crippen LogP contribution in [-0.2, 0) is 0 Å². The second-order valence-electron chi connectivity index (χ2n) is 12.8. The van der Waals surface area contributed by atoms with Gasteiger partial charge >= 0.3 is 0 Å². The number of furan rings is 1. The fourth-order valence-electron chi connectivity index (χ4n) is 7.78. The van der Waals surface area contributed by atoms with E-state index < -0.39 is 0 Å². The highest BCUT2D eigenvalue weighted by Gasteiger charge is 2.19. The number of benzene rings is 8. The first kappa shape index (κ1) is 27.1. The molecule has 11 aromatic rings. The maximum absolute atomic E-state index is 6.23. The number of aromatic nitrogens is 4. The highest BCUT2D eigenvalue weighted by molar-refractivity contribution is 6.25. The van der Waals surface area contributed by atoms with E-state index >= 15 is 0 Å². The Kier molecular flexibility index (Phi) is 5.60. The van der Waals surface area contributed by atoms with Gasteiger partial charge in [-0.1, -0.05) is 127 Å². The molecule has 0 saturated carbocycles. The van der Waals surface area contributed by atoms with Crippen molar-refractivity contribution in [3.63, 3.8) is 0 Å². The van der Waals surface area contributed by atoms with Gasteiger partial charge in [0.2, 0.25) is 0 Å². The lowest BCUT2D eigenvalue weighted by Crippen LogP contribution is -1.97. The molecular weight excluding hydrogens is 613 g/mol. The molecule has 0 fully saturated rings. The van der Waals surface area contributed by atoms with Gasteiger partial charge < -0.3 is 4.42 Å². The summed E-state index contributed by atoms with van der Waals surface area (Å²) in [7, 11) is 0. The summed E-state index contributed by atoms with van der Waals surface area (Å²) in [5.74, 6) is 1.18. The molecule has 0 spiro atoms. The average Bonchev–Trinajstić information content (AvgIpc) is 3.80. The molecule has 0 atom stereocenters. The van der Waals surface area contributed by atoms with E-state index in [1.165, 1.54) is 32.3 Å². The Bertz CT molecular complexity index is 3140. The van der Waals surface area contributed by atoms with Gasteiger partial charge in [-0.3, -0.25) is 0 Å². The molecular formula is C45H26N4O. The number of hydrogen-bond acceptors (Lipinski definition) is 4. The predicted octanol–water partition coefficient (Wildman–Crippen LogP) is 11.6. The van der Waals surface area contributed by atoms with Crippen LogP contribution in [-0.4, -0.2) is 19.6 Å². The van der Waals surface area contributed by atoms with Crippen molar-refractivity contribution in [1.29, 1.82) is 0 Å². The normalized spacial score (nSPS) is 12.0. The summed E-state index contributed by atoms with van der Waals surface area (Å²) < 4.78 is 8.09. The van der Waals surface area contributed by atoms with E-state index in [9.17, 15) is 0 Å². The molecule has 0 saturated heterocycles. The Labute approximate surface area is 285 Å². The van der Waals surface area contributed by atoms with Crippen LogP contribution in [0.4, 0.5) is 0 Å². The lowest BCUT2D eigenvalue weighted by Gasteiger charge is -2.12. The molecule has 5 heteroatoms. The first-order chi connectivity index (χ1) is 24.8. The van der Waals surface area contributed by atoms with Gasteiger partial charge in [0.1, 0.15) is 11.2 Å². The van der Waals surface area contributed by atoms with Crippen LogP contribution in [0.5, 0.6) is 0 Å². The number of rotatable bonds is 3. The van der Waals surface area contributed by atoms with Gasteiger partial charge in [0.25, 0.3) is 5.78 Å². The van der Waals surface area contributed by atoms with Crippen LogP contribution in [0.1, 0.15) is 0 Å². The third-order valence-corrected chi connectivity index (χ3v) is 10.0. The van der Waals surface area contributed by atoms with Crippen molar-refractivity contribution in [2.75, 3.05) is 0 Å². The molecule has 0 aliphatic heterocycles. The minimum atomic E-state index is 0.549. The van der Waals surface area contributed by atoms with Gasteiger partial charge in [-0.25, -0.2) is 4.98 Å². The first-order valence-corrected chi connectivity index (χ1v) is 16.8. The summed E-state index contributed by atoms with van der Waals surface area (Å²) in [4.78, 5) is 10.2. The van der Waals surface area contributed by atoms with Crippen molar-refractivity contribution in [3.8, 4) is 33.8 Å². The van der Waals surface area contributed by atoms with Crippen LogP contribution in [0.2, 0.25) is 0 Å². The molecule has 0 aliphatic carbocycles. The standard InChI is InChI=1S/C45H26N4O/c1-2-15-32-30(13-1)31-14-3-4-16-33(31)38-26-28(23-24-34(32)38)27-11-9-12-29(25-27)44-47-45-46-43(35-17-5-7-20-39(35)49(45)48-44)37-19-10-22-41-42(37)36-18-6-8-21-40(36)50-41/h1-26H. The summed E-state index contributed by atoms with van der Waals surface area (Å²) >= 11 is 0. The molecule has 5 nitrogen and oxygen atoms in total. The largest absolute Gasteiger partial charge is 0.456 e. The van der Waals surface area contributed by atoms with Crippen LogP contribution in [0.25, 0.3) is 105 Å². The van der Waals surface area contributed by atoms with E-state index in [4.69, 9.17) is 19.5 Å². The fourth-order valence-corrected chi connectivity index (χ4v) is 7.78. The molecule has 3 heterocycles. The number of nitrogens with zero attached hydrogens (tertiary/aromatic N) is 4. The third kappa shape index (κ3) is 3.92. The zero-order valence-electron chi connectivity index (χ0n) is 26.7. The van der Waals surface area contributed by atoms with Gasteiger partial charge in [0.05, 0.1) is 11.2 Å². The van der Waals surface area contributed by atoms with Gasteiger partial charge in [-0.2, -0.15) is 9.50 Å². The first-order valence-electron chi connectivity index (χ1n) is 16.8. The van der Waals surface area contributed by atoms with Crippen molar-refractivity contribution in [2.24, 2.45) is 0 Å². The smallest absolute Gasteiger partial charge is 0.253 e. The number of hydrogen-bond donors (Lipinski definition) is 0. The highest BCUT2D eigenvalue weighted by Crippen LogP contribution is 2.40. The molecule has 11 rings (SSSR count). The second kappa shape index (κ2) is 10.3. The summed E-state index contributed by atoms with van der Waals surface area (Å²) in [5, 5.41) is 15.7. The molecule has 232 valence electrons. The topological polar surface area (TPSA) is 56.2 Å². The van der Waals surface area contributed by atoms with E-state index in [2.05, 4.69) is 115 Å². The minimum Gasteiger partial charge on any atom is -0.456 e. The molecule has 8 aromatic carbocycles. The summed E-state index contributed by atoms with van der Waals surface area (Å²) in [6.07, 6.45) is 0. The van der Waals surface area contributed by atoms with Gasteiger partial charge in [-0.15, -0.1) is 5.10 Å². The van der Waals surface area contributed by atoms with E-state index in [0.29, 0.717) is 11.6 Å². The Morgan fingerprint density at radius 2 is 1.02 bits per heavy atom. The highest BCUT2D eigenvalue weighted by atomic mass is 16.3. The number of fused-ring (bicyclic) bond motifs is 12. The van der Waals surface area contributed by atoms with Crippen molar-refractivity contribution in [1.82, 2.24) is 19.6 Å². The summed E-state index contributed by atoms with van der Waals surface area (Å²) in [5.41, 5.74) is 7.70. The van der Waals surface area contributed by atoms with E-state index in [1.807, 2.05) is 47.0 Å². The number of para-hydroxylation sites is 2. The zero-order chi connectivity index (χ0) is 32.8. The lowest BCUT2D eigenvalue weighted by molar-refractivity contribution is 0.669. The van der Waals surface area contributed by atoms with Crippen molar-refractivity contribution in [2.45, 2.75) is 0 Å². The predicted molar refractivity (Wildman–Crippen MR) is 204 cm³/mol. The fraction of sp³-hybridized carbons (Fsp3) is 0. The lowest BCUT2D eigenvalue weighted by atomic mass is 9.92. The second-order valence-corrected chi connectivity index (χ2v) is 12.8. The zero-order valence-corrected chi connectivity index (χ0v) is 26.7. The quantitative estimate of drug-likeness (QED) is 0.181. The maximum Gasteiger partial charge on any atom is 0.253 e. The summed E-state index contributed by atoms with van der Waals surface area (Å²) in [6, 6.07) is 55.3. The maximum atomic E-state index is 6.23. The molecule has 0 unspecified atom stereocenters. The Morgan fingerprint density at radius 1 is 0.420 bits per heavy atom. The van der Waals surface area contributed by atoms with E-state index in [1.54, 1.807) is 0 Å².